The number of hydrogen-bond donors (Lipinski definition) is 0. The predicted octanol–water partition coefficient (Wildman–Crippen LogP) is 2.77. The van der Waals surface area contributed by atoms with Crippen LogP contribution < -0.4 is 9.84 Å². The van der Waals surface area contributed by atoms with Gasteiger partial charge in [0.2, 0.25) is 0 Å². The van der Waals surface area contributed by atoms with Gasteiger partial charge >= 0.3 is 6.18 Å². The third kappa shape index (κ3) is 9.17. The smallest absolute Gasteiger partial charge is 0.430 e. The van der Waals surface area contributed by atoms with Crippen molar-refractivity contribution in [2.45, 2.75) is 12.6 Å². The van der Waals surface area contributed by atoms with Crippen LogP contribution in [0.25, 0.3) is 0 Å². The third-order valence-corrected chi connectivity index (χ3v) is 3.74. The molecule has 23 heavy (non-hydrogen) atoms. The molecule has 0 bridgehead atoms. The van der Waals surface area contributed by atoms with Gasteiger partial charge in [0.05, 0.1) is 43.7 Å². The summed E-state index contributed by atoms with van der Waals surface area (Å²) in [5.74, 6) is -2.15. The van der Waals surface area contributed by atoms with Gasteiger partial charge in [-0.25, -0.2) is 0 Å². The normalized spacial score (nSPS) is 11.5. The highest BCUT2D eigenvalue weighted by Gasteiger charge is 2.28. The summed E-state index contributed by atoms with van der Waals surface area (Å²) in [5, 5.41) is 8.78. The molecule has 9 heteroatoms. The molecule has 0 unspecified atom stereocenters. The van der Waals surface area contributed by atoms with E-state index >= 15 is 0 Å². The molecule has 0 amide bonds. The molecular formula is C14H18Br2F3NO3. The van der Waals surface area contributed by atoms with Crippen molar-refractivity contribution >= 4 is 37.8 Å². The van der Waals surface area contributed by atoms with Crippen molar-refractivity contribution in [3.05, 3.63) is 26.6 Å². The van der Waals surface area contributed by atoms with Gasteiger partial charge < -0.3 is 19.1 Å². The van der Waals surface area contributed by atoms with Gasteiger partial charge in [-0.15, -0.1) is 0 Å². The Balaban J connectivity index is 0.000000585. The molecule has 0 spiro atoms. The molecule has 0 aliphatic rings. The zero-order valence-corrected chi connectivity index (χ0v) is 16.3. The Bertz CT molecular complexity index is 520. The van der Waals surface area contributed by atoms with E-state index in [0.717, 1.165) is 32.1 Å². The number of likely N-dealkylation sites (N-methyl/N-ethyl adjacent to an activating group) is 1. The molecule has 0 aliphatic heterocycles. The molecule has 0 saturated carbocycles. The number of rotatable bonds is 4. The minimum atomic E-state index is -5.19. The predicted molar refractivity (Wildman–Crippen MR) is 86.1 cm³/mol. The zero-order chi connectivity index (χ0) is 18.4. The van der Waals surface area contributed by atoms with Gasteiger partial charge in [0, 0.05) is 6.42 Å². The first-order chi connectivity index (χ1) is 10.3. The molecule has 0 fully saturated rings. The van der Waals surface area contributed by atoms with Gasteiger partial charge in [-0.3, -0.25) is 0 Å². The lowest BCUT2D eigenvalue weighted by atomic mass is 10.1. The summed E-state index contributed by atoms with van der Waals surface area (Å²) < 4.78 is 39.8. The van der Waals surface area contributed by atoms with E-state index in [1.165, 1.54) is 5.56 Å². The van der Waals surface area contributed by atoms with Gasteiger partial charge in [0.15, 0.2) is 0 Å². The highest BCUT2D eigenvalue weighted by molar-refractivity contribution is 9.11. The molecule has 0 aromatic heterocycles. The fourth-order valence-electron chi connectivity index (χ4n) is 1.42. The Morgan fingerprint density at radius 1 is 1.22 bits per heavy atom. The maximum Gasteiger partial charge on any atom is 0.430 e. The second kappa shape index (κ2) is 8.89. The van der Waals surface area contributed by atoms with Crippen LogP contribution >= 0.6 is 31.9 Å². The first-order valence-corrected chi connectivity index (χ1v) is 7.97. The topological polar surface area (TPSA) is 49.4 Å². The number of hydrogen-bond acceptors (Lipinski definition) is 3. The Morgan fingerprint density at radius 2 is 1.61 bits per heavy atom. The monoisotopic (exact) mass is 463 g/mol. The number of halogens is 5. The molecular weight excluding hydrogens is 447 g/mol. The Kier molecular flexibility index (Phi) is 8.58. The minimum absolute atomic E-state index is 0.856. The SMILES string of the molecule is COc1c(Br)cc(CC[N+](C)(C)C)cc1Br.O=C([O-])C(F)(F)F. The average Bonchev–Trinajstić information content (AvgIpc) is 2.35. The summed E-state index contributed by atoms with van der Waals surface area (Å²) >= 11 is 7.04. The van der Waals surface area contributed by atoms with E-state index in [1.807, 2.05) is 0 Å². The van der Waals surface area contributed by atoms with Gasteiger partial charge in [-0.1, -0.05) is 0 Å². The Hall–Kier alpha value is -0.800. The maximum absolute atomic E-state index is 10.5. The summed E-state index contributed by atoms with van der Waals surface area (Å²) in [6.45, 7) is 1.12. The highest BCUT2D eigenvalue weighted by Crippen LogP contribution is 2.34. The summed E-state index contributed by atoms with van der Waals surface area (Å²) in [7, 11) is 8.28. The molecule has 132 valence electrons. The maximum atomic E-state index is 10.5. The summed E-state index contributed by atoms with van der Waals surface area (Å²) in [6, 6.07) is 4.25. The number of carboxylic acid groups (broad SMARTS) is 1. The highest BCUT2D eigenvalue weighted by atomic mass is 79.9. The molecule has 0 atom stereocenters. The second-order valence-corrected chi connectivity index (χ2v) is 7.35. The second-order valence-electron chi connectivity index (χ2n) is 5.64. The minimum Gasteiger partial charge on any atom is -0.542 e. The van der Waals surface area contributed by atoms with Crippen molar-refractivity contribution in [3.63, 3.8) is 0 Å². The standard InChI is InChI=1S/C12H18Br2NO.C2HF3O2/c1-15(2,3)6-5-9-7-10(13)12(16-4)11(14)8-9;3-2(4,5)1(6)7/h7-8H,5-6H2,1-4H3;(H,6,7)/q+1;/p-1. The molecule has 4 nitrogen and oxygen atoms in total. The number of carbonyl (C=O) groups excluding carboxylic acids is 1. The summed E-state index contributed by atoms with van der Waals surface area (Å²) in [4.78, 5) is 8.78. The lowest BCUT2D eigenvalue weighted by Crippen LogP contribution is -2.37. The van der Waals surface area contributed by atoms with E-state index in [9.17, 15) is 13.2 Å². The quantitative estimate of drug-likeness (QED) is 0.644. The number of methoxy groups -OCH3 is 1. The number of nitrogens with zero attached hydrogens (tertiary/aromatic N) is 1. The van der Waals surface area contributed by atoms with E-state index in [-0.39, 0.29) is 0 Å². The van der Waals surface area contributed by atoms with E-state index in [0.29, 0.717) is 0 Å². The first-order valence-electron chi connectivity index (χ1n) is 6.38. The van der Waals surface area contributed by atoms with Crippen LogP contribution in [0.2, 0.25) is 0 Å². The van der Waals surface area contributed by atoms with Gasteiger partial charge in [-0.2, -0.15) is 13.2 Å². The lowest BCUT2D eigenvalue weighted by molar-refractivity contribution is -0.870. The molecule has 0 aliphatic carbocycles. The fraction of sp³-hybridized carbons (Fsp3) is 0.500. The van der Waals surface area contributed by atoms with Gasteiger partial charge in [-0.05, 0) is 49.6 Å². The average molecular weight is 465 g/mol. The number of benzene rings is 1. The Labute approximate surface area is 150 Å². The van der Waals surface area contributed by atoms with Crippen LogP contribution in [-0.2, 0) is 11.2 Å². The first kappa shape index (κ1) is 22.2. The van der Waals surface area contributed by atoms with E-state index in [1.54, 1.807) is 7.11 Å². The number of ether oxygens (including phenoxy) is 1. The number of carboxylic acids is 1. The largest absolute Gasteiger partial charge is 0.542 e. The van der Waals surface area contributed by atoms with E-state index in [4.69, 9.17) is 14.6 Å². The molecule has 1 aromatic carbocycles. The van der Waals surface area contributed by atoms with Gasteiger partial charge in [0.1, 0.15) is 11.7 Å². The molecule has 0 saturated heterocycles. The van der Waals surface area contributed by atoms with Crippen LogP contribution in [0.15, 0.2) is 21.1 Å². The number of carbonyl (C=O) groups is 1. The number of quaternary nitrogens is 1. The van der Waals surface area contributed by atoms with Crippen molar-refractivity contribution in [2.24, 2.45) is 0 Å². The van der Waals surface area contributed by atoms with E-state index in [2.05, 4.69) is 65.1 Å². The van der Waals surface area contributed by atoms with E-state index < -0.39 is 12.1 Å². The molecule has 1 rings (SSSR count). The van der Waals surface area contributed by atoms with Crippen LogP contribution in [0.5, 0.6) is 5.75 Å². The van der Waals surface area contributed by atoms with Crippen molar-refractivity contribution in [3.8, 4) is 5.75 Å². The van der Waals surface area contributed by atoms with Gasteiger partial charge in [0.25, 0.3) is 0 Å². The van der Waals surface area contributed by atoms with Crippen LogP contribution in [0, 0.1) is 0 Å². The summed E-state index contributed by atoms with van der Waals surface area (Å²) in [6.07, 6.45) is -4.13. The van der Waals surface area contributed by atoms with Crippen molar-refractivity contribution in [1.29, 1.82) is 0 Å². The van der Waals surface area contributed by atoms with Crippen LogP contribution in [0.3, 0.4) is 0 Å². The lowest BCUT2D eigenvalue weighted by Gasteiger charge is -2.24. The fourth-order valence-corrected chi connectivity index (χ4v) is 3.02. The van der Waals surface area contributed by atoms with Crippen molar-refractivity contribution < 1.29 is 32.3 Å². The van der Waals surface area contributed by atoms with Crippen LogP contribution in [0.4, 0.5) is 13.2 Å². The third-order valence-electron chi connectivity index (χ3n) is 2.56. The van der Waals surface area contributed by atoms with Crippen molar-refractivity contribution in [1.82, 2.24) is 0 Å². The molecule has 0 N–H and O–H groups in total. The van der Waals surface area contributed by atoms with Crippen molar-refractivity contribution in [2.75, 3.05) is 34.8 Å². The van der Waals surface area contributed by atoms with Crippen LogP contribution in [-0.4, -0.2) is 51.4 Å². The number of alkyl halides is 3. The Morgan fingerprint density at radius 3 is 1.87 bits per heavy atom. The molecule has 0 heterocycles. The molecule has 1 aromatic rings. The number of aliphatic carboxylic acids is 1. The molecule has 0 radical (unpaired) electrons. The summed E-state index contributed by atoms with van der Waals surface area (Å²) in [5.41, 5.74) is 1.31. The van der Waals surface area contributed by atoms with Crippen LogP contribution in [0.1, 0.15) is 5.56 Å². The zero-order valence-electron chi connectivity index (χ0n) is 13.1.